The quantitative estimate of drug-likeness (QED) is 0.677. The minimum atomic E-state index is -0.215. The zero-order chi connectivity index (χ0) is 13.4. The zero-order valence-corrected chi connectivity index (χ0v) is 10.7. The average molecular weight is 270 g/mol. The largest absolute Gasteiger partial charge is 0.355 e. The van der Waals surface area contributed by atoms with E-state index in [1.807, 2.05) is 0 Å². The van der Waals surface area contributed by atoms with Crippen LogP contribution >= 0.6 is 11.6 Å². The zero-order valence-electron chi connectivity index (χ0n) is 9.91. The number of hydrogen-bond acceptors (Lipinski definition) is 3. The molecule has 0 heterocycles. The molecule has 0 unspecified atom stereocenters. The molecule has 1 rings (SSSR count). The fourth-order valence-corrected chi connectivity index (χ4v) is 1.43. The van der Waals surface area contributed by atoms with Crippen LogP contribution in [-0.2, 0) is 9.59 Å². The highest BCUT2D eigenvalue weighted by molar-refractivity contribution is 6.30. The average Bonchev–Trinajstić information content (AvgIpc) is 2.37. The first kappa shape index (κ1) is 14.5. The number of hydrogen-bond donors (Lipinski definition) is 3. The molecule has 98 valence electrons. The van der Waals surface area contributed by atoms with Gasteiger partial charge >= 0.3 is 0 Å². The molecule has 6 heteroatoms. The van der Waals surface area contributed by atoms with Crippen LogP contribution in [0.2, 0.25) is 5.02 Å². The molecule has 0 aliphatic heterocycles. The van der Waals surface area contributed by atoms with Gasteiger partial charge in [0.05, 0.1) is 6.54 Å². The molecule has 0 aliphatic carbocycles. The highest BCUT2D eigenvalue weighted by Gasteiger charge is 2.03. The van der Waals surface area contributed by atoms with Gasteiger partial charge in [0.2, 0.25) is 11.8 Å². The summed E-state index contributed by atoms with van der Waals surface area (Å²) in [6.07, 6.45) is 0.915. The van der Waals surface area contributed by atoms with Gasteiger partial charge in [-0.15, -0.1) is 0 Å². The van der Waals surface area contributed by atoms with Gasteiger partial charge in [0, 0.05) is 23.7 Å². The second-order valence-electron chi connectivity index (χ2n) is 3.71. The molecule has 0 aliphatic rings. The maximum Gasteiger partial charge on any atom is 0.233 e. The summed E-state index contributed by atoms with van der Waals surface area (Å²) in [6, 6.07) is 6.88. The Balaban J connectivity index is 2.21. The predicted molar refractivity (Wildman–Crippen MR) is 71.4 cm³/mol. The molecular weight excluding hydrogens is 254 g/mol. The van der Waals surface area contributed by atoms with Crippen LogP contribution in [0.15, 0.2) is 24.3 Å². The molecule has 0 fully saturated rings. The van der Waals surface area contributed by atoms with Crippen molar-refractivity contribution in [1.82, 2.24) is 5.32 Å². The smallest absolute Gasteiger partial charge is 0.233 e. The van der Waals surface area contributed by atoms with Crippen molar-refractivity contribution >= 4 is 29.1 Å². The van der Waals surface area contributed by atoms with E-state index in [0.29, 0.717) is 30.1 Å². The lowest BCUT2D eigenvalue weighted by molar-refractivity contribution is -0.120. The minimum absolute atomic E-state index is 0.0308. The van der Waals surface area contributed by atoms with Crippen LogP contribution in [0, 0.1) is 0 Å². The molecule has 1 aromatic carbocycles. The van der Waals surface area contributed by atoms with E-state index in [2.05, 4.69) is 10.6 Å². The van der Waals surface area contributed by atoms with Crippen molar-refractivity contribution in [3.63, 3.8) is 0 Å². The molecular formula is C12H16ClN3O2. The lowest BCUT2D eigenvalue weighted by Crippen LogP contribution is -2.31. The lowest BCUT2D eigenvalue weighted by atomic mass is 10.2. The Morgan fingerprint density at radius 2 is 1.83 bits per heavy atom. The molecule has 2 amide bonds. The predicted octanol–water partition coefficient (Wildman–Crippen LogP) is 1.13. The number of nitrogens with two attached hydrogens (primary N) is 1. The van der Waals surface area contributed by atoms with Gasteiger partial charge in [-0.25, -0.2) is 0 Å². The van der Waals surface area contributed by atoms with Gasteiger partial charge in [0.1, 0.15) is 0 Å². The highest BCUT2D eigenvalue weighted by Crippen LogP contribution is 2.13. The number of nitrogens with one attached hydrogen (secondary N) is 2. The first-order chi connectivity index (χ1) is 8.61. The van der Waals surface area contributed by atoms with Crippen molar-refractivity contribution in [2.24, 2.45) is 5.73 Å². The number of halogens is 1. The van der Waals surface area contributed by atoms with E-state index in [-0.39, 0.29) is 18.4 Å². The third-order valence-electron chi connectivity index (χ3n) is 2.22. The summed E-state index contributed by atoms with van der Waals surface area (Å²) >= 11 is 5.73. The van der Waals surface area contributed by atoms with Crippen LogP contribution in [0.5, 0.6) is 0 Å². The molecule has 0 atom stereocenters. The SMILES string of the molecule is NCC(=O)NCCCC(=O)Nc1ccc(Cl)cc1. The summed E-state index contributed by atoms with van der Waals surface area (Å²) in [5, 5.41) is 5.96. The number of anilines is 1. The van der Waals surface area contributed by atoms with Crippen molar-refractivity contribution in [3.8, 4) is 0 Å². The topological polar surface area (TPSA) is 84.2 Å². The van der Waals surface area contributed by atoms with Gasteiger partial charge in [-0.05, 0) is 30.7 Å². The van der Waals surface area contributed by atoms with Crippen molar-refractivity contribution in [2.45, 2.75) is 12.8 Å². The van der Waals surface area contributed by atoms with Crippen LogP contribution in [0.3, 0.4) is 0 Å². The van der Waals surface area contributed by atoms with Gasteiger partial charge in [0.25, 0.3) is 0 Å². The maximum atomic E-state index is 11.5. The van der Waals surface area contributed by atoms with Crippen LogP contribution < -0.4 is 16.4 Å². The summed E-state index contributed by atoms with van der Waals surface area (Å²) in [5.41, 5.74) is 5.83. The summed E-state index contributed by atoms with van der Waals surface area (Å²) in [5.74, 6) is -0.313. The normalized spacial score (nSPS) is 9.89. The molecule has 4 N–H and O–H groups in total. The Bertz CT molecular complexity index is 406. The number of carbonyl (C=O) groups excluding carboxylic acids is 2. The van der Waals surface area contributed by atoms with Crippen molar-refractivity contribution < 1.29 is 9.59 Å². The molecule has 0 spiro atoms. The third-order valence-corrected chi connectivity index (χ3v) is 2.47. The van der Waals surface area contributed by atoms with Gasteiger partial charge in [0.15, 0.2) is 0 Å². The molecule has 0 aromatic heterocycles. The van der Waals surface area contributed by atoms with Crippen molar-refractivity contribution in [1.29, 1.82) is 0 Å². The van der Waals surface area contributed by atoms with Crippen LogP contribution in [0.4, 0.5) is 5.69 Å². The molecule has 0 bridgehead atoms. The third kappa shape index (κ3) is 5.65. The minimum Gasteiger partial charge on any atom is -0.355 e. The van der Waals surface area contributed by atoms with E-state index in [0.717, 1.165) is 0 Å². The van der Waals surface area contributed by atoms with Crippen molar-refractivity contribution in [3.05, 3.63) is 29.3 Å². The van der Waals surface area contributed by atoms with Crippen LogP contribution in [0.25, 0.3) is 0 Å². The second kappa shape index (κ2) is 7.68. The Labute approximate surface area is 111 Å². The number of benzene rings is 1. The van der Waals surface area contributed by atoms with Crippen molar-refractivity contribution in [2.75, 3.05) is 18.4 Å². The maximum absolute atomic E-state index is 11.5. The van der Waals surface area contributed by atoms with Gasteiger partial charge in [-0.1, -0.05) is 11.6 Å². The summed E-state index contributed by atoms with van der Waals surface area (Å²) < 4.78 is 0. The summed E-state index contributed by atoms with van der Waals surface area (Å²) in [4.78, 5) is 22.4. The Hall–Kier alpha value is -1.59. The van der Waals surface area contributed by atoms with Gasteiger partial charge in [-0.3, -0.25) is 9.59 Å². The summed E-state index contributed by atoms with van der Waals surface area (Å²) in [6.45, 7) is 0.418. The second-order valence-corrected chi connectivity index (χ2v) is 4.15. The lowest BCUT2D eigenvalue weighted by Gasteiger charge is -2.06. The Morgan fingerprint density at radius 1 is 1.17 bits per heavy atom. The molecule has 5 nitrogen and oxygen atoms in total. The summed E-state index contributed by atoms with van der Waals surface area (Å²) in [7, 11) is 0. The Kier molecular flexibility index (Phi) is 6.18. The first-order valence-electron chi connectivity index (χ1n) is 5.64. The van der Waals surface area contributed by atoms with E-state index in [4.69, 9.17) is 17.3 Å². The molecule has 0 saturated carbocycles. The first-order valence-corrected chi connectivity index (χ1v) is 6.02. The van der Waals surface area contributed by atoms with E-state index in [1.165, 1.54) is 0 Å². The highest BCUT2D eigenvalue weighted by atomic mass is 35.5. The molecule has 0 radical (unpaired) electrons. The number of rotatable bonds is 6. The van der Waals surface area contributed by atoms with Crippen LogP contribution in [0.1, 0.15) is 12.8 Å². The monoisotopic (exact) mass is 269 g/mol. The van der Waals surface area contributed by atoms with E-state index < -0.39 is 0 Å². The molecule has 1 aromatic rings. The van der Waals surface area contributed by atoms with E-state index in [9.17, 15) is 9.59 Å². The van der Waals surface area contributed by atoms with E-state index in [1.54, 1.807) is 24.3 Å². The molecule has 18 heavy (non-hydrogen) atoms. The number of carbonyl (C=O) groups is 2. The number of amides is 2. The Morgan fingerprint density at radius 3 is 2.44 bits per heavy atom. The fraction of sp³-hybridized carbons (Fsp3) is 0.333. The van der Waals surface area contributed by atoms with Crippen LogP contribution in [-0.4, -0.2) is 24.9 Å². The molecule has 0 saturated heterocycles. The van der Waals surface area contributed by atoms with Gasteiger partial charge < -0.3 is 16.4 Å². The standard InChI is InChI=1S/C12H16ClN3O2/c13-9-3-5-10(6-4-9)16-11(17)2-1-7-15-12(18)8-14/h3-6H,1-2,7-8,14H2,(H,15,18)(H,16,17). The van der Waals surface area contributed by atoms with E-state index >= 15 is 0 Å². The van der Waals surface area contributed by atoms with Gasteiger partial charge in [-0.2, -0.15) is 0 Å². The fourth-order valence-electron chi connectivity index (χ4n) is 1.31.